The van der Waals surface area contributed by atoms with E-state index in [0.717, 1.165) is 18.4 Å². The summed E-state index contributed by atoms with van der Waals surface area (Å²) in [6, 6.07) is 15.0. The summed E-state index contributed by atoms with van der Waals surface area (Å²) < 4.78 is 27.8. The molecule has 0 aromatic heterocycles. The average molecular weight is 338 g/mol. The van der Waals surface area contributed by atoms with E-state index >= 15 is 0 Å². The molecule has 4 rings (SSSR count). The Morgan fingerprint density at radius 3 is 2.58 bits per heavy atom. The third-order valence-corrected chi connectivity index (χ3v) is 7.01. The van der Waals surface area contributed by atoms with Gasteiger partial charge in [0.1, 0.15) is 0 Å². The van der Waals surface area contributed by atoms with Crippen molar-refractivity contribution in [1.82, 2.24) is 4.31 Å². The van der Waals surface area contributed by atoms with E-state index in [4.69, 9.17) is 5.26 Å². The van der Waals surface area contributed by atoms with Gasteiger partial charge in [0.2, 0.25) is 10.0 Å². The predicted molar refractivity (Wildman–Crippen MR) is 90.8 cm³/mol. The highest BCUT2D eigenvalue weighted by Crippen LogP contribution is 2.53. The molecule has 2 aliphatic rings. The van der Waals surface area contributed by atoms with Crippen LogP contribution in [0, 0.1) is 18.3 Å². The van der Waals surface area contributed by atoms with Crippen LogP contribution >= 0.6 is 0 Å². The van der Waals surface area contributed by atoms with Gasteiger partial charge in [0.05, 0.1) is 16.5 Å². The van der Waals surface area contributed by atoms with E-state index < -0.39 is 10.0 Å². The fraction of sp³-hybridized carbons (Fsp3) is 0.316. The fourth-order valence-electron chi connectivity index (χ4n) is 3.66. The van der Waals surface area contributed by atoms with Crippen LogP contribution in [0.2, 0.25) is 0 Å². The zero-order valence-corrected chi connectivity index (χ0v) is 14.3. The first kappa shape index (κ1) is 15.4. The third kappa shape index (κ3) is 2.26. The first-order valence-corrected chi connectivity index (χ1v) is 9.50. The third-order valence-electron chi connectivity index (χ3n) is 5.22. The van der Waals surface area contributed by atoms with Crippen LogP contribution in [0.5, 0.6) is 0 Å². The van der Waals surface area contributed by atoms with Crippen LogP contribution in [0.15, 0.2) is 47.4 Å². The lowest BCUT2D eigenvalue weighted by Crippen LogP contribution is -2.41. The zero-order valence-electron chi connectivity index (χ0n) is 13.5. The van der Waals surface area contributed by atoms with Gasteiger partial charge in [-0.1, -0.05) is 24.3 Å². The number of fused-ring (bicyclic) bond motifs is 2. The second kappa shape index (κ2) is 5.17. The van der Waals surface area contributed by atoms with Gasteiger partial charge in [-0.15, -0.1) is 0 Å². The molecule has 1 aliphatic heterocycles. The van der Waals surface area contributed by atoms with Crippen LogP contribution in [-0.4, -0.2) is 19.3 Å². The highest BCUT2D eigenvalue weighted by molar-refractivity contribution is 7.89. The van der Waals surface area contributed by atoms with E-state index in [2.05, 4.69) is 12.1 Å². The summed E-state index contributed by atoms with van der Waals surface area (Å²) in [5.74, 6) is 0. The van der Waals surface area contributed by atoms with E-state index in [1.165, 1.54) is 5.56 Å². The van der Waals surface area contributed by atoms with Crippen molar-refractivity contribution >= 4 is 10.0 Å². The zero-order chi connectivity index (χ0) is 16.9. The molecule has 0 saturated heterocycles. The van der Waals surface area contributed by atoms with Crippen molar-refractivity contribution in [2.75, 3.05) is 6.54 Å². The summed E-state index contributed by atoms with van der Waals surface area (Å²) in [5, 5.41) is 9.04. The van der Waals surface area contributed by atoms with Crippen LogP contribution in [0.4, 0.5) is 0 Å². The summed E-state index contributed by atoms with van der Waals surface area (Å²) in [6.45, 7) is 2.73. The average Bonchev–Trinajstić information content (AvgIpc) is 3.34. The lowest BCUT2D eigenvalue weighted by molar-refractivity contribution is 0.344. The van der Waals surface area contributed by atoms with E-state index in [9.17, 15) is 8.42 Å². The Bertz CT molecular complexity index is 969. The Balaban J connectivity index is 1.74. The second-order valence-corrected chi connectivity index (χ2v) is 8.74. The van der Waals surface area contributed by atoms with Crippen molar-refractivity contribution in [2.24, 2.45) is 0 Å². The molecule has 24 heavy (non-hydrogen) atoms. The molecule has 1 fully saturated rings. The smallest absolute Gasteiger partial charge is 0.207 e. The molecule has 2 aromatic carbocycles. The first-order valence-electron chi connectivity index (χ1n) is 8.06. The SMILES string of the molecule is Cc1cc(S(=O)(=O)N2Cc3ccccc3C3(CC3)C2)ccc1C#N. The monoisotopic (exact) mass is 338 g/mol. The molecule has 2 aromatic rings. The fourth-order valence-corrected chi connectivity index (χ4v) is 5.25. The van der Waals surface area contributed by atoms with Crippen LogP contribution in [-0.2, 0) is 22.0 Å². The molecule has 0 bridgehead atoms. The van der Waals surface area contributed by atoms with Crippen molar-refractivity contribution in [1.29, 1.82) is 5.26 Å². The summed E-state index contributed by atoms with van der Waals surface area (Å²) >= 11 is 0. The second-order valence-electron chi connectivity index (χ2n) is 6.80. The van der Waals surface area contributed by atoms with Crippen molar-refractivity contribution in [3.05, 3.63) is 64.7 Å². The number of nitrogens with zero attached hydrogens (tertiary/aromatic N) is 2. The molecule has 0 N–H and O–H groups in total. The van der Waals surface area contributed by atoms with Crippen LogP contribution in [0.3, 0.4) is 0 Å². The van der Waals surface area contributed by atoms with Gasteiger partial charge in [-0.05, 0) is 54.7 Å². The quantitative estimate of drug-likeness (QED) is 0.845. The molecule has 5 heteroatoms. The van der Waals surface area contributed by atoms with E-state index in [1.54, 1.807) is 29.4 Å². The number of benzene rings is 2. The van der Waals surface area contributed by atoms with E-state index in [0.29, 0.717) is 24.2 Å². The van der Waals surface area contributed by atoms with Crippen LogP contribution in [0.25, 0.3) is 0 Å². The van der Waals surface area contributed by atoms with Gasteiger partial charge in [0.15, 0.2) is 0 Å². The molecule has 0 atom stereocenters. The highest BCUT2D eigenvalue weighted by Gasteiger charge is 2.51. The molecular formula is C19H18N2O2S. The topological polar surface area (TPSA) is 61.2 Å². The van der Waals surface area contributed by atoms with Gasteiger partial charge in [-0.2, -0.15) is 9.57 Å². The summed E-state index contributed by atoms with van der Waals surface area (Å²) in [5.41, 5.74) is 3.63. The lowest BCUT2D eigenvalue weighted by Gasteiger charge is -2.34. The maximum Gasteiger partial charge on any atom is 0.243 e. The molecule has 0 radical (unpaired) electrons. The Morgan fingerprint density at radius 2 is 1.92 bits per heavy atom. The molecule has 0 amide bonds. The largest absolute Gasteiger partial charge is 0.243 e. The van der Waals surface area contributed by atoms with Crippen molar-refractivity contribution in [3.63, 3.8) is 0 Å². The number of hydrogen-bond acceptors (Lipinski definition) is 3. The molecule has 4 nitrogen and oxygen atoms in total. The normalized spacial score (nSPS) is 18.8. The maximum atomic E-state index is 13.1. The Morgan fingerprint density at radius 1 is 1.17 bits per heavy atom. The lowest BCUT2D eigenvalue weighted by atomic mass is 9.88. The molecule has 1 aliphatic carbocycles. The summed E-state index contributed by atoms with van der Waals surface area (Å²) in [7, 11) is -3.56. The first-order chi connectivity index (χ1) is 11.5. The van der Waals surface area contributed by atoms with Crippen molar-refractivity contribution < 1.29 is 8.42 Å². The van der Waals surface area contributed by atoms with Crippen LogP contribution in [0.1, 0.15) is 35.1 Å². The predicted octanol–water partition coefficient (Wildman–Crippen LogP) is 3.10. The van der Waals surface area contributed by atoms with Crippen molar-refractivity contribution in [3.8, 4) is 6.07 Å². The number of nitriles is 1. The van der Waals surface area contributed by atoms with Gasteiger partial charge < -0.3 is 0 Å². The number of rotatable bonds is 2. The Hall–Kier alpha value is -2.16. The number of aryl methyl sites for hydroxylation is 1. The highest BCUT2D eigenvalue weighted by atomic mass is 32.2. The molecule has 1 saturated carbocycles. The molecule has 0 unspecified atom stereocenters. The Labute approximate surface area is 142 Å². The van der Waals surface area contributed by atoms with Gasteiger partial charge >= 0.3 is 0 Å². The molecule has 122 valence electrons. The van der Waals surface area contributed by atoms with Gasteiger partial charge in [0.25, 0.3) is 0 Å². The maximum absolute atomic E-state index is 13.1. The van der Waals surface area contributed by atoms with Crippen molar-refractivity contribution in [2.45, 2.75) is 36.6 Å². The minimum absolute atomic E-state index is 0.00352. The number of hydrogen-bond donors (Lipinski definition) is 0. The standard InChI is InChI=1S/C19H18N2O2S/c1-14-10-17(7-6-15(14)11-20)24(22,23)21-12-16-4-2-3-5-18(16)19(13-21)8-9-19/h2-7,10H,8-9,12-13H2,1H3. The van der Waals surface area contributed by atoms with Gasteiger partial charge in [-0.3, -0.25) is 0 Å². The summed E-state index contributed by atoms with van der Waals surface area (Å²) in [6.07, 6.45) is 2.09. The summed E-state index contributed by atoms with van der Waals surface area (Å²) in [4.78, 5) is 0.272. The van der Waals surface area contributed by atoms with E-state index in [1.807, 2.05) is 18.2 Å². The minimum Gasteiger partial charge on any atom is -0.207 e. The Kier molecular flexibility index (Phi) is 3.31. The molecule has 1 spiro atoms. The molecular weight excluding hydrogens is 320 g/mol. The minimum atomic E-state index is -3.56. The van der Waals surface area contributed by atoms with Gasteiger partial charge in [-0.25, -0.2) is 8.42 Å². The van der Waals surface area contributed by atoms with E-state index in [-0.39, 0.29) is 10.3 Å². The van der Waals surface area contributed by atoms with Gasteiger partial charge in [0, 0.05) is 18.5 Å². The van der Waals surface area contributed by atoms with Crippen LogP contribution < -0.4 is 0 Å². The molecule has 1 heterocycles. The number of sulfonamides is 1.